The molecule has 0 unspecified atom stereocenters. The lowest BCUT2D eigenvalue weighted by atomic mass is 10.1. The molecule has 0 saturated heterocycles. The van der Waals surface area contributed by atoms with Gasteiger partial charge in [0.15, 0.2) is 17.2 Å². The molecule has 2 heterocycles. The fourth-order valence-electron chi connectivity index (χ4n) is 3.09. The Labute approximate surface area is 168 Å². The van der Waals surface area contributed by atoms with Crippen LogP contribution in [0.3, 0.4) is 0 Å². The molecule has 8 nitrogen and oxygen atoms in total. The number of aromatic amines is 1. The quantitative estimate of drug-likeness (QED) is 0.524. The van der Waals surface area contributed by atoms with Crippen LogP contribution in [0.4, 0.5) is 8.78 Å². The van der Waals surface area contributed by atoms with Crippen LogP contribution in [0.25, 0.3) is 28.2 Å². The summed E-state index contributed by atoms with van der Waals surface area (Å²) in [6, 6.07) is 12.1. The first-order chi connectivity index (χ1) is 14.4. The van der Waals surface area contributed by atoms with Gasteiger partial charge in [-0.25, -0.2) is 28.1 Å². The number of primary amides is 1. The molecule has 0 aliphatic rings. The van der Waals surface area contributed by atoms with Crippen molar-refractivity contribution >= 4 is 17.1 Å². The van der Waals surface area contributed by atoms with Gasteiger partial charge in [0.25, 0.3) is 12.3 Å². The van der Waals surface area contributed by atoms with Crippen LogP contribution in [-0.4, -0.2) is 32.5 Å². The summed E-state index contributed by atoms with van der Waals surface area (Å²) in [5, 5.41) is 0. The Kier molecular flexibility index (Phi) is 4.74. The predicted octanol–water partition coefficient (Wildman–Crippen LogP) is 2.82. The van der Waals surface area contributed by atoms with Crippen molar-refractivity contribution in [3.8, 4) is 22.8 Å². The third-order valence-corrected chi connectivity index (χ3v) is 4.48. The molecule has 3 N–H and O–H groups in total. The minimum atomic E-state index is -2.69. The number of fused-ring (bicyclic) bond motifs is 1. The number of amides is 1. The van der Waals surface area contributed by atoms with Crippen molar-refractivity contribution in [2.45, 2.75) is 6.43 Å². The molecule has 4 rings (SSSR count). The van der Waals surface area contributed by atoms with Crippen LogP contribution in [0.15, 0.2) is 53.3 Å². The Hall–Kier alpha value is -4.08. The number of alkyl halides is 2. The van der Waals surface area contributed by atoms with E-state index in [0.29, 0.717) is 11.4 Å². The van der Waals surface area contributed by atoms with Crippen LogP contribution in [0.2, 0.25) is 0 Å². The number of hydrogen-bond acceptors (Lipinski definition) is 5. The highest BCUT2D eigenvalue weighted by Gasteiger charge is 2.21. The van der Waals surface area contributed by atoms with Gasteiger partial charge in [0.2, 0.25) is 0 Å². The second-order valence-electron chi connectivity index (χ2n) is 6.35. The molecule has 2 aromatic heterocycles. The third-order valence-electron chi connectivity index (χ3n) is 4.48. The number of rotatable bonds is 5. The van der Waals surface area contributed by atoms with Crippen molar-refractivity contribution in [3.05, 3.63) is 70.3 Å². The fourth-order valence-corrected chi connectivity index (χ4v) is 3.09. The second kappa shape index (κ2) is 7.39. The van der Waals surface area contributed by atoms with Crippen LogP contribution >= 0.6 is 0 Å². The minimum absolute atomic E-state index is 0.0190. The van der Waals surface area contributed by atoms with Crippen molar-refractivity contribution in [1.82, 2.24) is 19.5 Å². The van der Waals surface area contributed by atoms with Crippen LogP contribution in [0, 0.1) is 0 Å². The zero-order valence-corrected chi connectivity index (χ0v) is 15.6. The first-order valence-electron chi connectivity index (χ1n) is 8.74. The molecule has 30 heavy (non-hydrogen) atoms. The standard InChI is InChI=1S/C20H15F2N5O3/c1-30-13-7-3-6-12(9-13)27-19-15(25-20(27)29)14(17(23)28)24-18(26-19)11-5-2-4-10(8-11)16(21)22/h2-9,16H,1H3,(H2,23,28)(H,25,29). The molecule has 0 aliphatic carbocycles. The lowest BCUT2D eigenvalue weighted by Gasteiger charge is -2.08. The first kappa shape index (κ1) is 19.2. The summed E-state index contributed by atoms with van der Waals surface area (Å²) in [4.78, 5) is 35.7. The molecule has 0 spiro atoms. The van der Waals surface area contributed by atoms with Gasteiger partial charge >= 0.3 is 5.69 Å². The molecule has 0 fully saturated rings. The summed E-state index contributed by atoms with van der Waals surface area (Å²) in [6.45, 7) is 0. The number of imidazole rings is 1. The number of H-pyrrole nitrogens is 1. The van der Waals surface area contributed by atoms with Crippen molar-refractivity contribution < 1.29 is 18.3 Å². The van der Waals surface area contributed by atoms with E-state index in [1.54, 1.807) is 24.3 Å². The van der Waals surface area contributed by atoms with Gasteiger partial charge in [0.05, 0.1) is 12.8 Å². The molecular weight excluding hydrogens is 396 g/mol. The second-order valence-corrected chi connectivity index (χ2v) is 6.35. The SMILES string of the molecule is COc1cccc(-n2c(=O)[nH]c3c(C(N)=O)nc(-c4cccc(C(F)F)c4)nc32)c1. The van der Waals surface area contributed by atoms with E-state index in [1.165, 1.54) is 35.9 Å². The van der Waals surface area contributed by atoms with E-state index in [0.717, 1.165) is 0 Å². The number of hydrogen-bond donors (Lipinski definition) is 2. The largest absolute Gasteiger partial charge is 0.497 e. The molecule has 0 atom stereocenters. The van der Waals surface area contributed by atoms with Crippen molar-refractivity contribution in [1.29, 1.82) is 0 Å². The van der Waals surface area contributed by atoms with E-state index in [2.05, 4.69) is 15.0 Å². The normalized spacial score (nSPS) is 11.2. The highest BCUT2D eigenvalue weighted by atomic mass is 19.3. The summed E-state index contributed by atoms with van der Waals surface area (Å²) in [6.07, 6.45) is -2.69. The van der Waals surface area contributed by atoms with E-state index in [4.69, 9.17) is 10.5 Å². The molecular formula is C20H15F2N5O3. The van der Waals surface area contributed by atoms with Crippen LogP contribution in [0.1, 0.15) is 22.5 Å². The Morgan fingerprint density at radius 1 is 1.17 bits per heavy atom. The van der Waals surface area contributed by atoms with E-state index in [9.17, 15) is 18.4 Å². The Balaban J connectivity index is 2.02. The molecule has 0 bridgehead atoms. The number of ether oxygens (including phenoxy) is 1. The Morgan fingerprint density at radius 3 is 2.63 bits per heavy atom. The number of benzene rings is 2. The van der Waals surface area contributed by atoms with Gasteiger partial charge in [0.1, 0.15) is 11.3 Å². The van der Waals surface area contributed by atoms with E-state index in [1.807, 2.05) is 0 Å². The maximum atomic E-state index is 13.1. The molecule has 10 heteroatoms. The number of carbonyl (C=O) groups is 1. The lowest BCUT2D eigenvalue weighted by Crippen LogP contribution is -2.15. The number of nitrogens with one attached hydrogen (secondary N) is 1. The number of halogens is 2. The van der Waals surface area contributed by atoms with Gasteiger partial charge < -0.3 is 15.5 Å². The number of nitrogens with two attached hydrogens (primary N) is 1. The van der Waals surface area contributed by atoms with Crippen molar-refractivity contribution in [2.24, 2.45) is 5.73 Å². The van der Waals surface area contributed by atoms with Crippen LogP contribution < -0.4 is 16.2 Å². The molecule has 0 saturated carbocycles. The predicted molar refractivity (Wildman–Crippen MR) is 105 cm³/mol. The number of methoxy groups -OCH3 is 1. The summed E-state index contributed by atoms with van der Waals surface area (Å²) in [5.74, 6) is -0.412. The highest BCUT2D eigenvalue weighted by molar-refractivity contribution is 6.02. The van der Waals surface area contributed by atoms with Gasteiger partial charge in [-0.05, 0) is 18.2 Å². The van der Waals surface area contributed by atoms with E-state index < -0.39 is 18.0 Å². The Morgan fingerprint density at radius 2 is 1.93 bits per heavy atom. The van der Waals surface area contributed by atoms with E-state index >= 15 is 0 Å². The number of aromatic nitrogens is 4. The van der Waals surface area contributed by atoms with E-state index in [-0.39, 0.29) is 33.8 Å². The third kappa shape index (κ3) is 3.28. The molecule has 0 aliphatic heterocycles. The topological polar surface area (TPSA) is 116 Å². The average molecular weight is 411 g/mol. The maximum Gasteiger partial charge on any atom is 0.332 e. The van der Waals surface area contributed by atoms with Crippen molar-refractivity contribution in [2.75, 3.05) is 7.11 Å². The monoisotopic (exact) mass is 411 g/mol. The fraction of sp³-hybridized carbons (Fsp3) is 0.100. The summed E-state index contributed by atoms with van der Waals surface area (Å²) in [7, 11) is 1.48. The minimum Gasteiger partial charge on any atom is -0.497 e. The summed E-state index contributed by atoms with van der Waals surface area (Å²) >= 11 is 0. The average Bonchev–Trinajstić information content (AvgIpc) is 3.08. The van der Waals surface area contributed by atoms with Crippen LogP contribution in [-0.2, 0) is 0 Å². The maximum absolute atomic E-state index is 13.1. The van der Waals surface area contributed by atoms with Gasteiger partial charge in [-0.2, -0.15) is 0 Å². The number of carbonyl (C=O) groups excluding carboxylic acids is 1. The van der Waals surface area contributed by atoms with Gasteiger partial charge in [-0.15, -0.1) is 0 Å². The molecule has 2 aromatic carbocycles. The first-order valence-corrected chi connectivity index (χ1v) is 8.74. The van der Waals surface area contributed by atoms with Gasteiger partial charge in [-0.3, -0.25) is 4.79 Å². The molecule has 0 radical (unpaired) electrons. The summed E-state index contributed by atoms with van der Waals surface area (Å²) < 4.78 is 32.6. The zero-order chi connectivity index (χ0) is 21.4. The number of nitrogens with zero attached hydrogens (tertiary/aromatic N) is 3. The highest BCUT2D eigenvalue weighted by Crippen LogP contribution is 2.26. The van der Waals surface area contributed by atoms with Crippen molar-refractivity contribution in [3.63, 3.8) is 0 Å². The van der Waals surface area contributed by atoms with Gasteiger partial charge in [0, 0.05) is 17.2 Å². The lowest BCUT2D eigenvalue weighted by molar-refractivity contribution is 0.0997. The smallest absolute Gasteiger partial charge is 0.332 e. The van der Waals surface area contributed by atoms with Gasteiger partial charge in [-0.1, -0.05) is 24.3 Å². The molecule has 152 valence electrons. The zero-order valence-electron chi connectivity index (χ0n) is 15.6. The summed E-state index contributed by atoms with van der Waals surface area (Å²) in [5.41, 5.74) is 5.22. The molecule has 1 amide bonds. The van der Waals surface area contributed by atoms with Crippen LogP contribution in [0.5, 0.6) is 5.75 Å². The Bertz CT molecular complexity index is 1330. The molecule has 4 aromatic rings.